The zero-order valence-electron chi connectivity index (χ0n) is 11.1. The van der Waals surface area contributed by atoms with Gasteiger partial charge >= 0.3 is 0 Å². The Labute approximate surface area is 117 Å². The molecule has 20 heavy (non-hydrogen) atoms. The zero-order valence-corrected chi connectivity index (χ0v) is 11.1. The smallest absolute Gasteiger partial charge is 0.225 e. The summed E-state index contributed by atoms with van der Waals surface area (Å²) in [6.07, 6.45) is 3.25. The number of aliphatic hydroxyl groups is 1. The van der Waals surface area contributed by atoms with E-state index in [1.54, 1.807) is 11.1 Å². The number of benzene rings is 1. The highest BCUT2D eigenvalue weighted by molar-refractivity contribution is 5.79. The summed E-state index contributed by atoms with van der Waals surface area (Å²) in [7, 11) is 0. The lowest BCUT2D eigenvalue weighted by Crippen LogP contribution is -2.33. The molecule has 1 amide bonds. The Morgan fingerprint density at radius 2 is 2.10 bits per heavy atom. The second-order valence-corrected chi connectivity index (χ2v) is 5.06. The van der Waals surface area contributed by atoms with Crippen molar-refractivity contribution < 1.29 is 9.90 Å². The minimum absolute atomic E-state index is 0.00138. The molecule has 2 atom stereocenters. The van der Waals surface area contributed by atoms with E-state index in [1.807, 2.05) is 47.3 Å². The molecule has 0 radical (unpaired) electrons. The summed E-state index contributed by atoms with van der Waals surface area (Å²) < 4.78 is 1.82. The fourth-order valence-electron chi connectivity index (χ4n) is 2.66. The molecule has 1 aromatic carbocycles. The Morgan fingerprint density at radius 3 is 2.70 bits per heavy atom. The van der Waals surface area contributed by atoms with Crippen molar-refractivity contribution in [3.63, 3.8) is 0 Å². The summed E-state index contributed by atoms with van der Waals surface area (Å²) in [5.41, 5.74) is 1.06. The van der Waals surface area contributed by atoms with Crippen molar-refractivity contribution in [2.75, 3.05) is 6.54 Å². The molecule has 0 bridgehead atoms. The second-order valence-electron chi connectivity index (χ2n) is 5.06. The molecule has 2 heterocycles. The molecule has 1 N–H and O–H groups in total. The van der Waals surface area contributed by atoms with Gasteiger partial charge in [0.05, 0.1) is 25.1 Å². The van der Waals surface area contributed by atoms with Gasteiger partial charge in [-0.05, 0) is 11.6 Å². The highest BCUT2D eigenvalue weighted by atomic mass is 16.3. The van der Waals surface area contributed by atoms with Gasteiger partial charge in [-0.25, -0.2) is 0 Å². The van der Waals surface area contributed by atoms with Crippen LogP contribution < -0.4 is 0 Å². The van der Waals surface area contributed by atoms with Crippen LogP contribution in [0.2, 0.25) is 0 Å². The van der Waals surface area contributed by atoms with Gasteiger partial charge in [0.2, 0.25) is 5.91 Å². The Bertz CT molecular complexity index is 568. The first kappa shape index (κ1) is 12.9. The number of carbonyl (C=O) groups is 1. The number of hydrogen-bond acceptors (Lipinski definition) is 3. The van der Waals surface area contributed by atoms with Crippen molar-refractivity contribution in [2.24, 2.45) is 0 Å². The van der Waals surface area contributed by atoms with Crippen LogP contribution in [0.3, 0.4) is 0 Å². The number of nitrogens with zero attached hydrogens (tertiary/aromatic N) is 3. The molecule has 1 aromatic heterocycles. The Balaban J connectivity index is 1.89. The maximum absolute atomic E-state index is 12.1. The van der Waals surface area contributed by atoms with Gasteiger partial charge in [-0.3, -0.25) is 9.48 Å². The van der Waals surface area contributed by atoms with Gasteiger partial charge < -0.3 is 10.0 Å². The largest absolute Gasteiger partial charge is 0.391 e. The lowest BCUT2D eigenvalue weighted by atomic mass is 10.1. The monoisotopic (exact) mass is 271 g/mol. The van der Waals surface area contributed by atoms with Gasteiger partial charge in [0, 0.05) is 18.9 Å². The minimum Gasteiger partial charge on any atom is -0.391 e. The van der Waals surface area contributed by atoms with Gasteiger partial charge in [-0.1, -0.05) is 30.3 Å². The molecule has 3 rings (SSSR count). The van der Waals surface area contributed by atoms with Gasteiger partial charge in [-0.2, -0.15) is 5.10 Å². The maximum atomic E-state index is 12.1. The van der Waals surface area contributed by atoms with Crippen molar-refractivity contribution in [1.29, 1.82) is 0 Å². The molecule has 1 fully saturated rings. The Kier molecular flexibility index (Phi) is 3.52. The maximum Gasteiger partial charge on any atom is 0.225 e. The SMILES string of the molecule is O=C1CC(O)CN1C(Cn1cccn1)c1ccccc1. The summed E-state index contributed by atoms with van der Waals surface area (Å²) in [6, 6.07) is 11.7. The van der Waals surface area contributed by atoms with Crippen LogP contribution >= 0.6 is 0 Å². The number of β-amino-alcohol motifs (C(OH)–C–C–N with tert-alkyl or cyclic N) is 1. The minimum atomic E-state index is -0.564. The normalized spacial score (nSPS) is 20.4. The van der Waals surface area contributed by atoms with Gasteiger partial charge in [0.25, 0.3) is 0 Å². The van der Waals surface area contributed by atoms with Crippen LogP contribution in [0.4, 0.5) is 0 Å². The van der Waals surface area contributed by atoms with Crippen LogP contribution in [-0.2, 0) is 11.3 Å². The first-order chi connectivity index (χ1) is 9.74. The summed E-state index contributed by atoms with van der Waals surface area (Å²) in [5, 5.41) is 13.9. The van der Waals surface area contributed by atoms with E-state index in [0.29, 0.717) is 13.1 Å². The van der Waals surface area contributed by atoms with Crippen molar-refractivity contribution in [3.05, 3.63) is 54.4 Å². The van der Waals surface area contributed by atoms with Gasteiger partial charge in [-0.15, -0.1) is 0 Å². The van der Waals surface area contributed by atoms with E-state index in [1.165, 1.54) is 0 Å². The number of carbonyl (C=O) groups excluding carboxylic acids is 1. The lowest BCUT2D eigenvalue weighted by Gasteiger charge is -2.28. The molecule has 104 valence electrons. The highest BCUT2D eigenvalue weighted by Crippen LogP contribution is 2.27. The van der Waals surface area contributed by atoms with Crippen LogP contribution in [0.5, 0.6) is 0 Å². The van der Waals surface area contributed by atoms with Crippen LogP contribution in [0, 0.1) is 0 Å². The molecule has 2 unspecified atom stereocenters. The number of aliphatic hydroxyl groups excluding tert-OH is 1. The molecule has 0 aliphatic carbocycles. The van der Waals surface area contributed by atoms with E-state index in [2.05, 4.69) is 5.10 Å². The van der Waals surface area contributed by atoms with Crippen molar-refractivity contribution >= 4 is 5.91 Å². The first-order valence-electron chi connectivity index (χ1n) is 6.74. The van der Waals surface area contributed by atoms with Crippen molar-refractivity contribution in [3.8, 4) is 0 Å². The molecule has 5 heteroatoms. The zero-order chi connectivity index (χ0) is 13.9. The molecule has 0 spiro atoms. The van der Waals surface area contributed by atoms with Gasteiger partial charge in [0.1, 0.15) is 0 Å². The molecule has 5 nitrogen and oxygen atoms in total. The quantitative estimate of drug-likeness (QED) is 0.909. The molecule has 1 aliphatic rings. The molecule has 2 aromatic rings. The average molecular weight is 271 g/mol. The van der Waals surface area contributed by atoms with Gasteiger partial charge in [0.15, 0.2) is 0 Å². The van der Waals surface area contributed by atoms with E-state index in [-0.39, 0.29) is 18.4 Å². The lowest BCUT2D eigenvalue weighted by molar-refractivity contribution is -0.130. The molecule has 1 saturated heterocycles. The number of amides is 1. The molecule has 1 aliphatic heterocycles. The summed E-state index contributed by atoms with van der Waals surface area (Å²) in [4.78, 5) is 13.8. The average Bonchev–Trinajstić information content (AvgIpc) is 3.07. The number of aromatic nitrogens is 2. The summed E-state index contributed by atoms with van der Waals surface area (Å²) in [6.45, 7) is 0.981. The third-order valence-corrected chi connectivity index (χ3v) is 3.62. The van der Waals surface area contributed by atoms with E-state index >= 15 is 0 Å². The highest BCUT2D eigenvalue weighted by Gasteiger charge is 2.34. The van der Waals surface area contributed by atoms with Crippen LogP contribution in [0.1, 0.15) is 18.0 Å². The van der Waals surface area contributed by atoms with Crippen LogP contribution in [-0.4, -0.2) is 38.3 Å². The molecular weight excluding hydrogens is 254 g/mol. The standard InChI is InChI=1S/C15H17N3O2/c19-13-9-15(20)18(10-13)14(11-17-8-4-7-16-17)12-5-2-1-3-6-12/h1-8,13-14,19H,9-11H2. The van der Waals surface area contributed by atoms with Crippen molar-refractivity contribution in [2.45, 2.75) is 25.1 Å². The van der Waals surface area contributed by atoms with Crippen LogP contribution in [0.25, 0.3) is 0 Å². The third kappa shape index (κ3) is 2.58. The second kappa shape index (κ2) is 5.46. The molecular formula is C15H17N3O2. The molecule has 0 saturated carbocycles. The fraction of sp³-hybridized carbons (Fsp3) is 0.333. The van der Waals surface area contributed by atoms with E-state index in [4.69, 9.17) is 0 Å². The summed E-state index contributed by atoms with van der Waals surface area (Å²) >= 11 is 0. The van der Waals surface area contributed by atoms with Crippen LogP contribution in [0.15, 0.2) is 48.8 Å². The first-order valence-corrected chi connectivity index (χ1v) is 6.74. The number of hydrogen-bond donors (Lipinski definition) is 1. The fourth-order valence-corrected chi connectivity index (χ4v) is 2.66. The van der Waals surface area contributed by atoms with E-state index in [9.17, 15) is 9.90 Å². The predicted molar refractivity (Wildman–Crippen MR) is 73.7 cm³/mol. The third-order valence-electron chi connectivity index (χ3n) is 3.62. The van der Waals surface area contributed by atoms with Crippen molar-refractivity contribution in [1.82, 2.24) is 14.7 Å². The van der Waals surface area contributed by atoms with E-state index < -0.39 is 6.10 Å². The Hall–Kier alpha value is -2.14. The topological polar surface area (TPSA) is 58.4 Å². The number of likely N-dealkylation sites (tertiary alicyclic amines) is 1. The van der Waals surface area contributed by atoms with E-state index in [0.717, 1.165) is 5.56 Å². The predicted octanol–water partition coefficient (Wildman–Crippen LogP) is 1.22. The number of rotatable bonds is 4. The Morgan fingerprint density at radius 1 is 1.30 bits per heavy atom. The summed E-state index contributed by atoms with van der Waals surface area (Å²) in [5.74, 6) is -0.00138.